The molecule has 0 radical (unpaired) electrons. The second-order valence-electron chi connectivity index (χ2n) is 4.95. The summed E-state index contributed by atoms with van der Waals surface area (Å²) >= 11 is 0. The van der Waals surface area contributed by atoms with Gasteiger partial charge in [0.15, 0.2) is 0 Å². The van der Waals surface area contributed by atoms with Crippen LogP contribution in [0.3, 0.4) is 0 Å². The third kappa shape index (κ3) is 2.15. The maximum Gasteiger partial charge on any atom is 0.0708 e. The Hall–Kier alpha value is -2.72. The third-order valence-electron chi connectivity index (χ3n) is 3.68. The topological polar surface area (TPSA) is 49.8 Å². The lowest BCUT2D eigenvalue weighted by atomic mass is 10.00. The average molecular weight is 274 g/mol. The lowest BCUT2D eigenvalue weighted by molar-refractivity contribution is 0.738. The van der Waals surface area contributed by atoms with Crippen molar-refractivity contribution >= 4 is 16.6 Å². The van der Waals surface area contributed by atoms with Crippen LogP contribution in [0.2, 0.25) is 0 Å². The van der Waals surface area contributed by atoms with Gasteiger partial charge in [0.1, 0.15) is 0 Å². The molecular formula is C17H14N4. The highest BCUT2D eigenvalue weighted by atomic mass is 15.4. The van der Waals surface area contributed by atoms with Crippen LogP contribution in [0.25, 0.3) is 27.7 Å². The van der Waals surface area contributed by atoms with Crippen molar-refractivity contribution in [1.29, 1.82) is 0 Å². The van der Waals surface area contributed by atoms with Gasteiger partial charge in [0, 0.05) is 30.5 Å². The summed E-state index contributed by atoms with van der Waals surface area (Å²) in [7, 11) is 0. The normalized spacial score (nSPS) is 14.0. The molecule has 4 rings (SSSR count). The molecule has 0 bridgehead atoms. The fourth-order valence-corrected chi connectivity index (χ4v) is 2.64. The molecule has 0 amide bonds. The van der Waals surface area contributed by atoms with Crippen molar-refractivity contribution in [1.82, 2.24) is 20.8 Å². The lowest BCUT2D eigenvalue weighted by Crippen LogP contribution is -2.22. The number of hydrogen-bond acceptors (Lipinski definition) is 4. The summed E-state index contributed by atoms with van der Waals surface area (Å²) in [6.07, 6.45) is 7.63. The second kappa shape index (κ2) is 5.00. The van der Waals surface area contributed by atoms with E-state index in [1.165, 1.54) is 5.56 Å². The van der Waals surface area contributed by atoms with E-state index in [4.69, 9.17) is 0 Å². The Balaban J connectivity index is 1.93. The fraction of sp³-hybridized carbons (Fsp3) is 0.0588. The van der Waals surface area contributed by atoms with Gasteiger partial charge in [-0.25, -0.2) is 5.43 Å². The molecule has 2 aromatic heterocycles. The summed E-state index contributed by atoms with van der Waals surface area (Å²) in [6.45, 7) is 0.845. The SMILES string of the molecule is C1=C(c2ccc3nccc(-c4ccncc4)c3c2)NNC1. The van der Waals surface area contributed by atoms with Crippen molar-refractivity contribution < 1.29 is 0 Å². The van der Waals surface area contributed by atoms with E-state index < -0.39 is 0 Å². The molecule has 1 aliphatic heterocycles. The van der Waals surface area contributed by atoms with E-state index in [0.717, 1.165) is 34.3 Å². The summed E-state index contributed by atoms with van der Waals surface area (Å²) in [4.78, 5) is 8.55. The molecule has 1 aliphatic rings. The van der Waals surface area contributed by atoms with E-state index in [1.807, 2.05) is 30.7 Å². The van der Waals surface area contributed by atoms with E-state index in [2.05, 4.69) is 51.2 Å². The van der Waals surface area contributed by atoms with Crippen LogP contribution in [0, 0.1) is 0 Å². The smallest absolute Gasteiger partial charge is 0.0708 e. The maximum absolute atomic E-state index is 4.46. The summed E-state index contributed by atoms with van der Waals surface area (Å²) in [5.74, 6) is 0. The minimum atomic E-state index is 0.845. The number of hydrazine groups is 1. The van der Waals surface area contributed by atoms with E-state index in [9.17, 15) is 0 Å². The van der Waals surface area contributed by atoms with Crippen molar-refractivity contribution in [2.24, 2.45) is 0 Å². The summed E-state index contributed by atoms with van der Waals surface area (Å²) in [6, 6.07) is 12.4. The molecule has 21 heavy (non-hydrogen) atoms. The molecule has 0 spiro atoms. The first-order valence-corrected chi connectivity index (χ1v) is 6.90. The molecule has 1 aromatic carbocycles. The van der Waals surface area contributed by atoms with Gasteiger partial charge in [-0.2, -0.15) is 0 Å². The molecule has 4 nitrogen and oxygen atoms in total. The molecule has 0 fully saturated rings. The first-order chi connectivity index (χ1) is 10.4. The third-order valence-corrected chi connectivity index (χ3v) is 3.68. The standard InChI is InChI=1S/C17H14N4/c1-2-17-15(11-13(1)16-6-10-20-21-16)14(5-9-19-17)12-3-7-18-8-4-12/h1-9,11,20-21H,10H2. The number of fused-ring (bicyclic) bond motifs is 1. The molecule has 0 aliphatic carbocycles. The zero-order valence-electron chi connectivity index (χ0n) is 11.4. The first-order valence-electron chi connectivity index (χ1n) is 6.90. The largest absolute Gasteiger partial charge is 0.321 e. The predicted octanol–water partition coefficient (Wildman–Crippen LogP) is 2.75. The Morgan fingerprint density at radius 2 is 1.81 bits per heavy atom. The van der Waals surface area contributed by atoms with Gasteiger partial charge in [0.2, 0.25) is 0 Å². The molecule has 2 N–H and O–H groups in total. The number of hydrogen-bond donors (Lipinski definition) is 2. The molecule has 0 atom stereocenters. The predicted molar refractivity (Wildman–Crippen MR) is 84.1 cm³/mol. The van der Waals surface area contributed by atoms with Gasteiger partial charge in [-0.15, -0.1) is 0 Å². The number of nitrogens with one attached hydrogen (secondary N) is 2. The van der Waals surface area contributed by atoms with Gasteiger partial charge in [0.05, 0.1) is 11.2 Å². The van der Waals surface area contributed by atoms with Crippen LogP contribution < -0.4 is 10.9 Å². The van der Waals surface area contributed by atoms with E-state index in [-0.39, 0.29) is 0 Å². The summed E-state index contributed by atoms with van der Waals surface area (Å²) < 4.78 is 0. The Morgan fingerprint density at radius 3 is 2.62 bits per heavy atom. The summed E-state index contributed by atoms with van der Waals surface area (Å²) in [5, 5.41) is 1.15. The Morgan fingerprint density at radius 1 is 0.905 bits per heavy atom. The Bertz CT molecular complexity index is 825. The molecule has 4 heteroatoms. The van der Waals surface area contributed by atoms with E-state index in [0.29, 0.717) is 0 Å². The highest BCUT2D eigenvalue weighted by molar-refractivity contribution is 5.96. The van der Waals surface area contributed by atoms with Crippen molar-refractivity contribution in [2.45, 2.75) is 0 Å². The van der Waals surface area contributed by atoms with Gasteiger partial charge in [0.25, 0.3) is 0 Å². The Kier molecular flexibility index (Phi) is 2.87. The van der Waals surface area contributed by atoms with Gasteiger partial charge in [-0.1, -0.05) is 6.07 Å². The van der Waals surface area contributed by atoms with Crippen LogP contribution in [-0.4, -0.2) is 16.5 Å². The molecule has 0 saturated heterocycles. The van der Waals surface area contributed by atoms with Crippen LogP contribution in [0.15, 0.2) is 61.1 Å². The lowest BCUT2D eigenvalue weighted by Gasteiger charge is -2.09. The van der Waals surface area contributed by atoms with Crippen molar-refractivity contribution in [2.75, 3.05) is 6.54 Å². The zero-order valence-corrected chi connectivity index (χ0v) is 11.4. The molecule has 3 aromatic rings. The van der Waals surface area contributed by atoms with Crippen molar-refractivity contribution in [3.8, 4) is 11.1 Å². The number of rotatable bonds is 2. The average Bonchev–Trinajstić information content (AvgIpc) is 3.09. The number of pyridine rings is 2. The fourth-order valence-electron chi connectivity index (χ4n) is 2.64. The van der Waals surface area contributed by atoms with Gasteiger partial charge < -0.3 is 5.43 Å². The quantitative estimate of drug-likeness (QED) is 0.754. The highest BCUT2D eigenvalue weighted by Gasteiger charge is 2.09. The second-order valence-corrected chi connectivity index (χ2v) is 4.95. The van der Waals surface area contributed by atoms with Crippen LogP contribution in [-0.2, 0) is 0 Å². The maximum atomic E-state index is 4.46. The van der Waals surface area contributed by atoms with Crippen molar-refractivity contribution in [3.63, 3.8) is 0 Å². The van der Waals surface area contributed by atoms with Crippen LogP contribution in [0.1, 0.15) is 5.56 Å². The van der Waals surface area contributed by atoms with Gasteiger partial charge >= 0.3 is 0 Å². The monoisotopic (exact) mass is 274 g/mol. The van der Waals surface area contributed by atoms with Crippen LogP contribution in [0.4, 0.5) is 0 Å². The van der Waals surface area contributed by atoms with E-state index >= 15 is 0 Å². The molecule has 0 saturated carbocycles. The van der Waals surface area contributed by atoms with E-state index in [1.54, 1.807) is 0 Å². The number of aromatic nitrogens is 2. The number of nitrogens with zero attached hydrogens (tertiary/aromatic N) is 2. The van der Waals surface area contributed by atoms with Crippen molar-refractivity contribution in [3.05, 3.63) is 66.6 Å². The van der Waals surface area contributed by atoms with Crippen LogP contribution in [0.5, 0.6) is 0 Å². The highest BCUT2D eigenvalue weighted by Crippen LogP contribution is 2.29. The minimum absolute atomic E-state index is 0.845. The zero-order chi connectivity index (χ0) is 14.1. The number of benzene rings is 1. The summed E-state index contributed by atoms with van der Waals surface area (Å²) in [5.41, 5.74) is 11.9. The molecule has 3 heterocycles. The Labute approximate surface area is 122 Å². The molecule has 102 valence electrons. The van der Waals surface area contributed by atoms with Gasteiger partial charge in [-0.3, -0.25) is 9.97 Å². The molecule has 0 unspecified atom stereocenters. The minimum Gasteiger partial charge on any atom is -0.321 e. The van der Waals surface area contributed by atoms with Gasteiger partial charge in [-0.05, 0) is 53.1 Å². The van der Waals surface area contributed by atoms with Crippen LogP contribution >= 0.6 is 0 Å². The first kappa shape index (κ1) is 12.1. The molecular weight excluding hydrogens is 260 g/mol.